The molecule has 1 fully saturated rings. The molecule has 0 N–H and O–H groups in total. The van der Waals surface area contributed by atoms with Crippen molar-refractivity contribution in [2.24, 2.45) is 5.92 Å². The molecule has 17 heavy (non-hydrogen) atoms. The van der Waals surface area contributed by atoms with Crippen molar-refractivity contribution in [1.29, 1.82) is 5.26 Å². The fraction of sp³-hybridized carbons (Fsp3) is 0.429. The normalized spacial score (nSPS) is 16.9. The van der Waals surface area contributed by atoms with E-state index in [2.05, 4.69) is 0 Å². The molecule has 2 nitrogen and oxygen atoms in total. The Labute approximate surface area is 100 Å². The van der Waals surface area contributed by atoms with Gasteiger partial charge in [0.25, 0.3) is 0 Å². The smallest absolute Gasteiger partial charge is 0.154 e. The fourth-order valence-electron chi connectivity index (χ4n) is 2.09. The number of ketones is 1. The molecule has 0 saturated heterocycles. The van der Waals surface area contributed by atoms with Gasteiger partial charge in [0.2, 0.25) is 0 Å². The Kier molecular flexibility index (Phi) is 3.53. The molecule has 0 radical (unpaired) electrons. The third-order valence-electron chi connectivity index (χ3n) is 3.37. The van der Waals surface area contributed by atoms with Gasteiger partial charge in [-0.3, -0.25) is 4.79 Å². The van der Waals surface area contributed by atoms with Crippen LogP contribution in [0.15, 0.2) is 24.3 Å². The van der Waals surface area contributed by atoms with E-state index in [0.29, 0.717) is 17.9 Å². The SMILES string of the molecule is N#CC(C(=O)CC1CCC1)c1ccc(F)cc1. The molecule has 0 bridgehead atoms. The molecule has 0 aromatic heterocycles. The average Bonchev–Trinajstić information content (AvgIpc) is 2.27. The lowest BCUT2D eigenvalue weighted by molar-refractivity contribution is -0.120. The van der Waals surface area contributed by atoms with Gasteiger partial charge in [-0.1, -0.05) is 31.4 Å². The van der Waals surface area contributed by atoms with Crippen molar-refractivity contribution >= 4 is 5.78 Å². The lowest BCUT2D eigenvalue weighted by atomic mass is 9.79. The lowest BCUT2D eigenvalue weighted by Crippen LogP contribution is -2.20. The third-order valence-corrected chi connectivity index (χ3v) is 3.37. The van der Waals surface area contributed by atoms with Crippen LogP contribution < -0.4 is 0 Å². The fourth-order valence-corrected chi connectivity index (χ4v) is 2.09. The topological polar surface area (TPSA) is 40.9 Å². The van der Waals surface area contributed by atoms with Crippen molar-refractivity contribution in [2.75, 3.05) is 0 Å². The van der Waals surface area contributed by atoms with Crippen molar-refractivity contribution in [3.05, 3.63) is 35.6 Å². The molecule has 1 saturated carbocycles. The predicted molar refractivity (Wildman–Crippen MR) is 61.7 cm³/mol. The summed E-state index contributed by atoms with van der Waals surface area (Å²) in [7, 11) is 0. The molecule has 1 aromatic carbocycles. The highest BCUT2D eigenvalue weighted by molar-refractivity contribution is 5.88. The molecule has 0 spiro atoms. The summed E-state index contributed by atoms with van der Waals surface area (Å²) in [5.74, 6) is -0.671. The van der Waals surface area contributed by atoms with E-state index in [1.165, 1.54) is 30.7 Å². The zero-order valence-electron chi connectivity index (χ0n) is 9.53. The minimum atomic E-state index is -0.740. The van der Waals surface area contributed by atoms with Gasteiger partial charge in [0, 0.05) is 6.42 Å². The monoisotopic (exact) mass is 231 g/mol. The van der Waals surface area contributed by atoms with E-state index >= 15 is 0 Å². The number of nitriles is 1. The van der Waals surface area contributed by atoms with Crippen LogP contribution >= 0.6 is 0 Å². The highest BCUT2D eigenvalue weighted by Gasteiger charge is 2.26. The first-order valence-electron chi connectivity index (χ1n) is 5.88. The van der Waals surface area contributed by atoms with Gasteiger partial charge in [0.1, 0.15) is 11.7 Å². The van der Waals surface area contributed by atoms with Crippen molar-refractivity contribution in [3.63, 3.8) is 0 Å². The van der Waals surface area contributed by atoms with Crippen molar-refractivity contribution in [3.8, 4) is 6.07 Å². The van der Waals surface area contributed by atoms with Gasteiger partial charge < -0.3 is 0 Å². The minimum Gasteiger partial charge on any atom is -0.298 e. The van der Waals surface area contributed by atoms with Gasteiger partial charge in [-0.2, -0.15) is 5.26 Å². The standard InChI is InChI=1S/C14H14FNO/c15-12-6-4-11(5-7-12)13(9-16)14(17)8-10-2-1-3-10/h4-7,10,13H,1-3,8H2. The van der Waals surface area contributed by atoms with Gasteiger partial charge in [-0.05, 0) is 23.6 Å². The zero-order valence-corrected chi connectivity index (χ0v) is 9.53. The molecular formula is C14H14FNO. The van der Waals surface area contributed by atoms with Crippen LogP contribution in [-0.2, 0) is 4.79 Å². The van der Waals surface area contributed by atoms with Crippen LogP contribution in [-0.4, -0.2) is 5.78 Å². The first-order valence-corrected chi connectivity index (χ1v) is 5.88. The van der Waals surface area contributed by atoms with E-state index in [1.807, 2.05) is 6.07 Å². The number of rotatable bonds is 4. The van der Waals surface area contributed by atoms with Crippen LogP contribution in [0.2, 0.25) is 0 Å². The Hall–Kier alpha value is -1.69. The number of carbonyl (C=O) groups excluding carboxylic acids is 1. The van der Waals surface area contributed by atoms with Gasteiger partial charge >= 0.3 is 0 Å². The number of hydrogen-bond acceptors (Lipinski definition) is 2. The predicted octanol–water partition coefficient (Wildman–Crippen LogP) is 3.19. The maximum absolute atomic E-state index is 12.8. The van der Waals surface area contributed by atoms with Gasteiger partial charge in [-0.15, -0.1) is 0 Å². The van der Waals surface area contributed by atoms with Gasteiger partial charge in [0.05, 0.1) is 6.07 Å². The van der Waals surface area contributed by atoms with Crippen molar-refractivity contribution in [1.82, 2.24) is 0 Å². The van der Waals surface area contributed by atoms with E-state index in [-0.39, 0.29) is 11.6 Å². The molecule has 0 heterocycles. The van der Waals surface area contributed by atoms with Crippen molar-refractivity contribution in [2.45, 2.75) is 31.6 Å². The number of nitrogens with zero attached hydrogens (tertiary/aromatic N) is 1. The summed E-state index contributed by atoms with van der Waals surface area (Å²) in [5.41, 5.74) is 0.596. The highest BCUT2D eigenvalue weighted by atomic mass is 19.1. The second kappa shape index (κ2) is 5.09. The minimum absolute atomic E-state index is 0.0381. The molecule has 1 atom stereocenters. The second-order valence-electron chi connectivity index (χ2n) is 4.58. The summed E-state index contributed by atoms with van der Waals surface area (Å²) in [6.45, 7) is 0. The Morgan fingerprint density at radius 1 is 1.41 bits per heavy atom. The summed E-state index contributed by atoms with van der Waals surface area (Å²) in [6, 6.07) is 7.63. The number of halogens is 1. The maximum Gasteiger partial charge on any atom is 0.154 e. The van der Waals surface area contributed by atoms with Crippen molar-refractivity contribution < 1.29 is 9.18 Å². The van der Waals surface area contributed by atoms with Crippen LogP contribution in [0.1, 0.15) is 37.2 Å². The van der Waals surface area contributed by atoms with Crippen LogP contribution in [0, 0.1) is 23.1 Å². The van der Waals surface area contributed by atoms with E-state index in [9.17, 15) is 9.18 Å². The Morgan fingerprint density at radius 3 is 2.53 bits per heavy atom. The largest absolute Gasteiger partial charge is 0.298 e. The Morgan fingerprint density at radius 2 is 2.06 bits per heavy atom. The van der Waals surface area contributed by atoms with Crippen LogP contribution in [0.5, 0.6) is 0 Å². The molecule has 1 aromatic rings. The summed E-state index contributed by atoms with van der Waals surface area (Å²) < 4.78 is 12.8. The van der Waals surface area contributed by atoms with Crippen LogP contribution in [0.4, 0.5) is 4.39 Å². The van der Waals surface area contributed by atoms with E-state index in [4.69, 9.17) is 5.26 Å². The molecule has 2 rings (SSSR count). The number of hydrogen-bond donors (Lipinski definition) is 0. The highest BCUT2D eigenvalue weighted by Crippen LogP contribution is 2.32. The maximum atomic E-state index is 12.8. The number of benzene rings is 1. The van der Waals surface area contributed by atoms with E-state index < -0.39 is 5.92 Å². The second-order valence-corrected chi connectivity index (χ2v) is 4.58. The summed E-state index contributed by atoms with van der Waals surface area (Å²) in [5, 5.41) is 9.06. The lowest BCUT2D eigenvalue weighted by Gasteiger charge is -2.25. The Balaban J connectivity index is 2.07. The molecular weight excluding hydrogens is 217 g/mol. The number of carbonyl (C=O) groups is 1. The molecule has 3 heteroatoms. The van der Waals surface area contributed by atoms with Gasteiger partial charge in [0.15, 0.2) is 5.78 Å². The van der Waals surface area contributed by atoms with Crippen LogP contribution in [0.25, 0.3) is 0 Å². The molecule has 0 amide bonds. The molecule has 1 unspecified atom stereocenters. The quantitative estimate of drug-likeness (QED) is 0.798. The molecule has 1 aliphatic rings. The number of Topliss-reactive ketones (excluding diaryl/α,β-unsaturated/α-hetero) is 1. The third kappa shape index (κ3) is 2.71. The summed E-state index contributed by atoms with van der Waals surface area (Å²) >= 11 is 0. The molecule has 88 valence electrons. The van der Waals surface area contributed by atoms with Gasteiger partial charge in [-0.25, -0.2) is 4.39 Å². The molecule has 1 aliphatic carbocycles. The Bertz CT molecular complexity index is 442. The van der Waals surface area contributed by atoms with Crippen LogP contribution in [0.3, 0.4) is 0 Å². The first kappa shape index (κ1) is 11.8. The average molecular weight is 231 g/mol. The molecule has 0 aliphatic heterocycles. The summed E-state index contributed by atoms with van der Waals surface area (Å²) in [4.78, 5) is 11.9. The van der Waals surface area contributed by atoms with E-state index in [1.54, 1.807) is 0 Å². The first-order chi connectivity index (χ1) is 8.20. The summed E-state index contributed by atoms with van der Waals surface area (Å²) in [6.07, 6.45) is 3.85. The van der Waals surface area contributed by atoms with E-state index in [0.717, 1.165) is 12.8 Å². The zero-order chi connectivity index (χ0) is 12.3.